The van der Waals surface area contributed by atoms with Crippen molar-refractivity contribution >= 4 is 21.5 Å². The van der Waals surface area contributed by atoms with Gasteiger partial charge < -0.3 is 0 Å². The lowest BCUT2D eigenvalue weighted by Crippen LogP contribution is -1.94. The summed E-state index contributed by atoms with van der Waals surface area (Å²) < 4.78 is 0. The fourth-order valence-electron chi connectivity index (χ4n) is 9.12. The van der Waals surface area contributed by atoms with Gasteiger partial charge in [-0.05, 0) is 129 Å². The SMILES string of the molecule is c1ccc(-c2cc(-c3cccc(-c4c(-c5ccc6c7c(cccc57)-c5ccccc5-6)ccc5ccccc45)c3)cc(-c3ccccc3)c2-c2ccccc2)cc1. The molecule has 0 spiro atoms. The van der Waals surface area contributed by atoms with Gasteiger partial charge in [0.15, 0.2) is 0 Å². The van der Waals surface area contributed by atoms with E-state index in [1.807, 2.05) is 0 Å². The van der Waals surface area contributed by atoms with Gasteiger partial charge in [0, 0.05) is 0 Å². The first-order valence-electron chi connectivity index (χ1n) is 19.4. The Kier molecular flexibility index (Phi) is 7.60. The summed E-state index contributed by atoms with van der Waals surface area (Å²) in [5.74, 6) is 0. The van der Waals surface area contributed by atoms with Gasteiger partial charge in [0.25, 0.3) is 0 Å². The molecule has 0 unspecified atom stereocenters. The van der Waals surface area contributed by atoms with E-state index in [0.29, 0.717) is 0 Å². The lowest BCUT2D eigenvalue weighted by Gasteiger charge is -2.20. The van der Waals surface area contributed by atoms with Crippen LogP contribution >= 0.6 is 0 Å². The Morgan fingerprint density at radius 2 is 0.679 bits per heavy atom. The second kappa shape index (κ2) is 13.2. The number of hydrogen-bond acceptors (Lipinski definition) is 0. The quantitative estimate of drug-likeness (QED) is 0.161. The third-order valence-electron chi connectivity index (χ3n) is 11.6. The normalized spacial score (nSPS) is 11.6. The predicted octanol–water partition coefficient (Wildman–Crippen LogP) is 15.6. The van der Waals surface area contributed by atoms with Gasteiger partial charge in [-0.2, -0.15) is 0 Å². The molecule has 260 valence electrons. The second-order valence-corrected chi connectivity index (χ2v) is 14.8. The first kappa shape index (κ1) is 32.2. The molecule has 0 heterocycles. The Labute approximate surface area is 327 Å². The van der Waals surface area contributed by atoms with Gasteiger partial charge in [-0.1, -0.05) is 200 Å². The van der Waals surface area contributed by atoms with Crippen molar-refractivity contribution in [1.29, 1.82) is 0 Å². The average molecular weight is 709 g/mol. The summed E-state index contributed by atoms with van der Waals surface area (Å²) in [5.41, 5.74) is 19.9. The van der Waals surface area contributed by atoms with E-state index in [1.165, 1.54) is 111 Å². The monoisotopic (exact) mass is 708 g/mol. The maximum absolute atomic E-state index is 2.41. The molecular weight excluding hydrogens is 673 g/mol. The molecule has 0 fully saturated rings. The van der Waals surface area contributed by atoms with Gasteiger partial charge in [0.05, 0.1) is 0 Å². The van der Waals surface area contributed by atoms with Crippen LogP contribution in [0.25, 0.3) is 111 Å². The Morgan fingerprint density at radius 3 is 1.38 bits per heavy atom. The Hall–Kier alpha value is -7.28. The fourth-order valence-corrected chi connectivity index (χ4v) is 9.12. The summed E-state index contributed by atoms with van der Waals surface area (Å²) in [6.07, 6.45) is 0. The Bertz CT molecular complexity index is 3010. The lowest BCUT2D eigenvalue weighted by molar-refractivity contribution is 1.54. The van der Waals surface area contributed by atoms with Crippen LogP contribution in [0.2, 0.25) is 0 Å². The number of fused-ring (bicyclic) bond motifs is 4. The van der Waals surface area contributed by atoms with Gasteiger partial charge in [-0.3, -0.25) is 0 Å². The molecule has 11 rings (SSSR count). The van der Waals surface area contributed by atoms with Gasteiger partial charge in [0.1, 0.15) is 0 Å². The summed E-state index contributed by atoms with van der Waals surface area (Å²) in [4.78, 5) is 0. The molecule has 10 aromatic carbocycles. The van der Waals surface area contributed by atoms with Crippen molar-refractivity contribution in [3.63, 3.8) is 0 Å². The van der Waals surface area contributed by atoms with Crippen LogP contribution in [0.15, 0.2) is 218 Å². The van der Waals surface area contributed by atoms with Gasteiger partial charge in [-0.25, -0.2) is 0 Å². The highest BCUT2D eigenvalue weighted by atomic mass is 14.3. The summed E-state index contributed by atoms with van der Waals surface area (Å²) in [6, 6.07) is 80.3. The van der Waals surface area contributed by atoms with E-state index in [9.17, 15) is 0 Å². The molecule has 1 aliphatic rings. The van der Waals surface area contributed by atoms with E-state index in [1.54, 1.807) is 0 Å². The number of rotatable bonds is 6. The summed E-state index contributed by atoms with van der Waals surface area (Å²) in [5, 5.41) is 5.13. The molecule has 1 aliphatic carbocycles. The van der Waals surface area contributed by atoms with Crippen LogP contribution in [0.5, 0.6) is 0 Å². The maximum atomic E-state index is 2.41. The largest absolute Gasteiger partial charge is 0.0622 e. The van der Waals surface area contributed by atoms with Crippen LogP contribution < -0.4 is 0 Å². The molecular formula is C56H36. The van der Waals surface area contributed by atoms with Crippen molar-refractivity contribution < 1.29 is 0 Å². The average Bonchev–Trinajstić information content (AvgIpc) is 3.61. The van der Waals surface area contributed by atoms with E-state index < -0.39 is 0 Å². The Balaban J connectivity index is 1.15. The molecule has 10 aromatic rings. The van der Waals surface area contributed by atoms with Crippen molar-refractivity contribution in [2.24, 2.45) is 0 Å². The smallest absolute Gasteiger partial charge is 0.00201 e. The lowest BCUT2D eigenvalue weighted by atomic mass is 9.83. The van der Waals surface area contributed by atoms with Crippen LogP contribution in [-0.2, 0) is 0 Å². The highest BCUT2D eigenvalue weighted by molar-refractivity contribution is 6.20. The summed E-state index contributed by atoms with van der Waals surface area (Å²) in [7, 11) is 0. The van der Waals surface area contributed by atoms with Crippen molar-refractivity contribution in [1.82, 2.24) is 0 Å². The predicted molar refractivity (Wildman–Crippen MR) is 238 cm³/mol. The topological polar surface area (TPSA) is 0 Å². The first-order chi connectivity index (χ1) is 27.8. The van der Waals surface area contributed by atoms with Crippen molar-refractivity contribution in [3.05, 3.63) is 218 Å². The van der Waals surface area contributed by atoms with Crippen molar-refractivity contribution in [2.75, 3.05) is 0 Å². The fraction of sp³-hybridized carbons (Fsp3) is 0. The van der Waals surface area contributed by atoms with E-state index in [4.69, 9.17) is 0 Å². The van der Waals surface area contributed by atoms with E-state index in [-0.39, 0.29) is 0 Å². The third kappa shape index (κ3) is 5.22. The number of benzene rings is 10. The summed E-state index contributed by atoms with van der Waals surface area (Å²) >= 11 is 0. The minimum Gasteiger partial charge on any atom is -0.0622 e. The molecule has 0 saturated carbocycles. The van der Waals surface area contributed by atoms with Crippen LogP contribution in [0.4, 0.5) is 0 Å². The van der Waals surface area contributed by atoms with Crippen LogP contribution in [0, 0.1) is 0 Å². The Morgan fingerprint density at radius 1 is 0.196 bits per heavy atom. The van der Waals surface area contributed by atoms with Gasteiger partial charge in [-0.15, -0.1) is 0 Å². The number of hydrogen-bond donors (Lipinski definition) is 0. The summed E-state index contributed by atoms with van der Waals surface area (Å²) in [6.45, 7) is 0. The molecule has 0 bridgehead atoms. The molecule has 0 radical (unpaired) electrons. The first-order valence-corrected chi connectivity index (χ1v) is 19.4. The second-order valence-electron chi connectivity index (χ2n) is 14.8. The molecule has 0 atom stereocenters. The molecule has 56 heavy (non-hydrogen) atoms. The van der Waals surface area contributed by atoms with Gasteiger partial charge >= 0.3 is 0 Å². The van der Waals surface area contributed by atoms with Crippen LogP contribution in [0.3, 0.4) is 0 Å². The third-order valence-corrected chi connectivity index (χ3v) is 11.6. The highest BCUT2D eigenvalue weighted by Crippen LogP contribution is 2.51. The molecule has 0 saturated heterocycles. The van der Waals surface area contributed by atoms with Crippen molar-refractivity contribution in [2.45, 2.75) is 0 Å². The van der Waals surface area contributed by atoms with E-state index in [0.717, 1.165) is 0 Å². The highest BCUT2D eigenvalue weighted by Gasteiger charge is 2.24. The van der Waals surface area contributed by atoms with Crippen LogP contribution in [0.1, 0.15) is 0 Å². The molecule has 0 heteroatoms. The van der Waals surface area contributed by atoms with E-state index >= 15 is 0 Å². The minimum atomic E-state index is 1.19. The standard InChI is InChI=1S/C56H36/c1-4-16-37(17-5-1)52-35-43(36-53(38-18-6-2-7-19-38)54(52)40-21-8-3-9-22-40)41-23-14-24-42(34-41)55-44-25-11-10-20-39(44)30-31-50(55)47-32-33-51-46-27-13-12-26-45(46)48-28-15-29-49(47)56(48)51/h1-36H. The van der Waals surface area contributed by atoms with Gasteiger partial charge in [0.2, 0.25) is 0 Å². The zero-order chi connectivity index (χ0) is 37.0. The molecule has 0 N–H and O–H groups in total. The zero-order valence-corrected chi connectivity index (χ0v) is 30.8. The molecule has 0 nitrogen and oxygen atoms in total. The molecule has 0 amide bonds. The molecule has 0 aliphatic heterocycles. The minimum absolute atomic E-state index is 1.19. The molecule has 0 aromatic heterocycles. The van der Waals surface area contributed by atoms with E-state index in [2.05, 4.69) is 218 Å². The van der Waals surface area contributed by atoms with Crippen LogP contribution in [-0.4, -0.2) is 0 Å². The zero-order valence-electron chi connectivity index (χ0n) is 30.8. The maximum Gasteiger partial charge on any atom is -0.00201 e. The van der Waals surface area contributed by atoms with Crippen molar-refractivity contribution in [3.8, 4) is 89.0 Å².